The van der Waals surface area contributed by atoms with E-state index in [9.17, 15) is 18.0 Å². The zero-order valence-electron chi connectivity index (χ0n) is 12.5. The third-order valence-corrected chi connectivity index (χ3v) is 4.11. The number of aromatic nitrogens is 1. The van der Waals surface area contributed by atoms with Crippen LogP contribution < -0.4 is 11.2 Å². The summed E-state index contributed by atoms with van der Waals surface area (Å²) in [4.78, 5) is 16.1. The summed E-state index contributed by atoms with van der Waals surface area (Å²) in [6.07, 6.45) is -3.28. The molecule has 5 nitrogen and oxygen atoms in total. The van der Waals surface area contributed by atoms with Crippen LogP contribution in [0.2, 0.25) is 0 Å². The summed E-state index contributed by atoms with van der Waals surface area (Å²) in [5.41, 5.74) is 8.36. The molecule has 128 valence electrons. The topological polar surface area (TPSA) is 80.4 Å². The fourth-order valence-electron chi connectivity index (χ4n) is 2.11. The lowest BCUT2D eigenvalue weighted by molar-refractivity contribution is -0.137. The Balaban J connectivity index is 1.71. The first-order valence-electron chi connectivity index (χ1n) is 7.00. The van der Waals surface area contributed by atoms with Crippen LogP contribution in [-0.4, -0.2) is 17.1 Å². The lowest BCUT2D eigenvalue weighted by atomic mass is 10.1. The number of nitrogens with zero attached hydrogens (tertiary/aromatic N) is 2. The Morgan fingerprint density at radius 3 is 2.80 bits per heavy atom. The van der Waals surface area contributed by atoms with Crippen molar-refractivity contribution < 1.29 is 18.0 Å². The van der Waals surface area contributed by atoms with Gasteiger partial charge in [0.15, 0.2) is 5.13 Å². The second kappa shape index (κ2) is 6.52. The molecule has 0 bridgehead atoms. The summed E-state index contributed by atoms with van der Waals surface area (Å²) >= 11 is 1.25. The van der Waals surface area contributed by atoms with Crippen molar-refractivity contribution in [2.75, 3.05) is 5.73 Å². The molecule has 0 saturated heterocycles. The number of nitrogens with two attached hydrogens (primary N) is 1. The Morgan fingerprint density at radius 1 is 1.24 bits per heavy atom. The van der Waals surface area contributed by atoms with Crippen molar-refractivity contribution in [3.63, 3.8) is 0 Å². The standard InChI is InChI=1S/C16H11F3N4OS/c17-16(18,19)11-3-1-2-9(6-11)8-21-23-14(24)10-4-5-12-13(7-10)25-15(20)22-12/h1-8H,(H2,20,22)(H,23,24)/b21-8-. The summed E-state index contributed by atoms with van der Waals surface area (Å²) in [6, 6.07) is 9.49. The quantitative estimate of drug-likeness (QED) is 0.550. The molecule has 3 aromatic rings. The van der Waals surface area contributed by atoms with Crippen molar-refractivity contribution in [2.24, 2.45) is 5.10 Å². The van der Waals surface area contributed by atoms with Gasteiger partial charge in [0.05, 0.1) is 22.0 Å². The fourth-order valence-corrected chi connectivity index (χ4v) is 2.88. The van der Waals surface area contributed by atoms with E-state index in [-0.39, 0.29) is 5.56 Å². The SMILES string of the molecule is Nc1nc2ccc(C(=O)N/N=C\c3cccc(C(F)(F)F)c3)cc2s1. The predicted molar refractivity (Wildman–Crippen MR) is 90.5 cm³/mol. The van der Waals surface area contributed by atoms with Crippen molar-refractivity contribution in [1.82, 2.24) is 10.4 Å². The first kappa shape index (κ1) is 16.9. The van der Waals surface area contributed by atoms with Gasteiger partial charge in [-0.15, -0.1) is 0 Å². The van der Waals surface area contributed by atoms with E-state index in [1.807, 2.05) is 0 Å². The minimum Gasteiger partial charge on any atom is -0.375 e. The monoisotopic (exact) mass is 364 g/mol. The van der Waals surface area contributed by atoms with E-state index in [1.54, 1.807) is 18.2 Å². The van der Waals surface area contributed by atoms with Crippen LogP contribution in [-0.2, 0) is 6.18 Å². The Kier molecular flexibility index (Phi) is 4.41. The number of amides is 1. The summed E-state index contributed by atoms with van der Waals surface area (Å²) in [6.45, 7) is 0. The molecular weight excluding hydrogens is 353 g/mol. The number of hydrazone groups is 1. The van der Waals surface area contributed by atoms with Crippen LogP contribution in [0.4, 0.5) is 18.3 Å². The van der Waals surface area contributed by atoms with Crippen molar-refractivity contribution >= 4 is 38.8 Å². The van der Waals surface area contributed by atoms with Crippen molar-refractivity contribution in [3.05, 3.63) is 59.2 Å². The number of carbonyl (C=O) groups excluding carboxylic acids is 1. The number of halogens is 3. The van der Waals surface area contributed by atoms with E-state index in [0.717, 1.165) is 23.0 Å². The number of fused-ring (bicyclic) bond motifs is 1. The van der Waals surface area contributed by atoms with Crippen LogP contribution in [0.15, 0.2) is 47.6 Å². The minimum absolute atomic E-state index is 0.223. The van der Waals surface area contributed by atoms with Gasteiger partial charge in [-0.1, -0.05) is 23.5 Å². The van der Waals surface area contributed by atoms with Crippen LogP contribution in [0.1, 0.15) is 21.5 Å². The largest absolute Gasteiger partial charge is 0.416 e. The summed E-state index contributed by atoms with van der Waals surface area (Å²) in [5, 5.41) is 4.10. The zero-order chi connectivity index (χ0) is 18.0. The molecule has 0 aliphatic carbocycles. The van der Waals surface area contributed by atoms with Gasteiger partial charge in [0.2, 0.25) is 0 Å². The highest BCUT2D eigenvalue weighted by Gasteiger charge is 2.30. The number of nitrogen functional groups attached to an aromatic ring is 1. The molecule has 9 heteroatoms. The Bertz CT molecular complexity index is 965. The second-order valence-electron chi connectivity index (χ2n) is 5.06. The maximum Gasteiger partial charge on any atom is 0.416 e. The molecule has 3 N–H and O–H groups in total. The second-order valence-corrected chi connectivity index (χ2v) is 6.12. The molecule has 1 heterocycles. The normalized spacial score (nSPS) is 12.0. The molecule has 0 aliphatic heterocycles. The lowest BCUT2D eigenvalue weighted by Crippen LogP contribution is -2.17. The van der Waals surface area contributed by atoms with Gasteiger partial charge in [0, 0.05) is 5.56 Å². The van der Waals surface area contributed by atoms with Crippen LogP contribution >= 0.6 is 11.3 Å². The first-order valence-corrected chi connectivity index (χ1v) is 7.81. The number of carbonyl (C=O) groups is 1. The highest BCUT2D eigenvalue weighted by Crippen LogP contribution is 2.29. The van der Waals surface area contributed by atoms with Gasteiger partial charge in [0.1, 0.15) is 0 Å². The van der Waals surface area contributed by atoms with Crippen LogP contribution in [0.3, 0.4) is 0 Å². The van der Waals surface area contributed by atoms with Gasteiger partial charge in [-0.3, -0.25) is 4.79 Å². The Morgan fingerprint density at radius 2 is 2.04 bits per heavy atom. The maximum absolute atomic E-state index is 12.6. The molecule has 0 radical (unpaired) electrons. The van der Waals surface area contributed by atoms with E-state index >= 15 is 0 Å². The highest BCUT2D eigenvalue weighted by molar-refractivity contribution is 7.22. The average molecular weight is 364 g/mol. The number of hydrogen-bond donors (Lipinski definition) is 2. The molecule has 0 spiro atoms. The van der Waals surface area contributed by atoms with Crippen molar-refractivity contribution in [2.45, 2.75) is 6.18 Å². The van der Waals surface area contributed by atoms with E-state index in [2.05, 4.69) is 15.5 Å². The molecule has 1 amide bonds. The minimum atomic E-state index is -4.43. The van der Waals surface area contributed by atoms with Gasteiger partial charge in [-0.25, -0.2) is 10.4 Å². The summed E-state index contributed by atoms with van der Waals surface area (Å²) in [7, 11) is 0. The number of anilines is 1. The molecule has 1 aromatic heterocycles. The lowest BCUT2D eigenvalue weighted by Gasteiger charge is -2.06. The van der Waals surface area contributed by atoms with Crippen LogP contribution in [0.25, 0.3) is 10.2 Å². The Hall–Kier alpha value is -2.94. The van der Waals surface area contributed by atoms with E-state index in [0.29, 0.717) is 16.2 Å². The van der Waals surface area contributed by atoms with E-state index in [1.165, 1.54) is 23.5 Å². The Labute approximate surface area is 144 Å². The molecule has 0 atom stereocenters. The predicted octanol–water partition coefficient (Wildman–Crippen LogP) is 3.66. The third kappa shape index (κ3) is 3.94. The van der Waals surface area contributed by atoms with Gasteiger partial charge in [-0.05, 0) is 35.9 Å². The molecule has 0 aliphatic rings. The molecule has 3 rings (SSSR count). The summed E-state index contributed by atoms with van der Waals surface area (Å²) in [5.74, 6) is -0.489. The number of rotatable bonds is 3. The van der Waals surface area contributed by atoms with E-state index < -0.39 is 17.6 Å². The molecule has 0 fully saturated rings. The van der Waals surface area contributed by atoms with Gasteiger partial charge in [0.25, 0.3) is 5.91 Å². The molecular formula is C16H11F3N4OS. The van der Waals surface area contributed by atoms with E-state index in [4.69, 9.17) is 5.73 Å². The first-order chi connectivity index (χ1) is 11.8. The van der Waals surface area contributed by atoms with Crippen molar-refractivity contribution in [1.29, 1.82) is 0 Å². The molecule has 0 saturated carbocycles. The van der Waals surface area contributed by atoms with Gasteiger partial charge >= 0.3 is 6.18 Å². The highest BCUT2D eigenvalue weighted by atomic mass is 32.1. The van der Waals surface area contributed by atoms with Crippen LogP contribution in [0, 0.1) is 0 Å². The van der Waals surface area contributed by atoms with Gasteiger partial charge in [-0.2, -0.15) is 18.3 Å². The summed E-state index contributed by atoms with van der Waals surface area (Å²) < 4.78 is 38.7. The molecule has 0 unspecified atom stereocenters. The molecule has 2 aromatic carbocycles. The zero-order valence-corrected chi connectivity index (χ0v) is 13.4. The smallest absolute Gasteiger partial charge is 0.375 e. The molecule has 25 heavy (non-hydrogen) atoms. The fraction of sp³-hybridized carbons (Fsp3) is 0.0625. The van der Waals surface area contributed by atoms with Gasteiger partial charge < -0.3 is 5.73 Å². The number of thiazole rings is 1. The van der Waals surface area contributed by atoms with Crippen LogP contribution in [0.5, 0.6) is 0 Å². The van der Waals surface area contributed by atoms with Crippen molar-refractivity contribution in [3.8, 4) is 0 Å². The number of nitrogens with one attached hydrogen (secondary N) is 1. The third-order valence-electron chi connectivity index (χ3n) is 3.26. The average Bonchev–Trinajstić information content (AvgIpc) is 2.93. The number of alkyl halides is 3. The maximum atomic E-state index is 12.6. The number of hydrogen-bond acceptors (Lipinski definition) is 5. The number of benzene rings is 2.